The third kappa shape index (κ3) is 3.33. The fourth-order valence-electron chi connectivity index (χ4n) is 1.28. The molecule has 0 saturated heterocycles. The van der Waals surface area contributed by atoms with Crippen LogP contribution in [0.25, 0.3) is 0 Å². The number of phenols is 1. The molecule has 0 atom stereocenters. The molecule has 0 amide bonds. The number of hydrogen-bond donors (Lipinski definition) is 1. The Bertz CT molecular complexity index is 442. The van der Waals surface area contributed by atoms with Gasteiger partial charge in [-0.25, -0.2) is 0 Å². The van der Waals surface area contributed by atoms with Crippen molar-refractivity contribution >= 4 is 23.1 Å². The van der Waals surface area contributed by atoms with E-state index in [2.05, 4.69) is 0 Å². The van der Waals surface area contributed by atoms with Crippen LogP contribution >= 0.6 is 11.8 Å². The minimum Gasteiger partial charge on any atom is -0.497 e. The van der Waals surface area contributed by atoms with Crippen LogP contribution in [-0.2, 0) is 0 Å². The second kappa shape index (κ2) is 6.20. The fourth-order valence-corrected chi connectivity index (χ4v) is 2.33. The predicted molar refractivity (Wildman–Crippen MR) is 67.0 cm³/mol. The first-order valence-corrected chi connectivity index (χ1v) is 6.24. The summed E-state index contributed by atoms with van der Waals surface area (Å²) in [5.74, 6) is -0.180. The van der Waals surface area contributed by atoms with Crippen LogP contribution in [0.1, 0.15) is 19.8 Å². The van der Waals surface area contributed by atoms with Gasteiger partial charge >= 0.3 is 11.4 Å². The highest BCUT2D eigenvalue weighted by atomic mass is 32.2. The number of phenolic OH excluding ortho intramolecular Hbond substituents is 1. The van der Waals surface area contributed by atoms with Crippen molar-refractivity contribution in [2.75, 3.05) is 5.75 Å². The number of nitro benzene ring substituents is 2. The molecule has 1 aromatic rings. The van der Waals surface area contributed by atoms with E-state index in [1.807, 2.05) is 6.92 Å². The molecular formula is C10H12N2O5S. The van der Waals surface area contributed by atoms with Crippen molar-refractivity contribution in [3.63, 3.8) is 0 Å². The van der Waals surface area contributed by atoms with Gasteiger partial charge in [0.05, 0.1) is 9.85 Å². The molecular weight excluding hydrogens is 260 g/mol. The number of benzene rings is 1. The lowest BCUT2D eigenvalue weighted by atomic mass is 10.2. The average molecular weight is 272 g/mol. The molecule has 1 N–H and O–H groups in total. The van der Waals surface area contributed by atoms with Gasteiger partial charge in [-0.2, -0.15) is 0 Å². The Balaban J connectivity index is 3.12. The van der Waals surface area contributed by atoms with Gasteiger partial charge in [0.15, 0.2) is 0 Å². The van der Waals surface area contributed by atoms with E-state index in [-0.39, 0.29) is 0 Å². The second-order valence-electron chi connectivity index (χ2n) is 3.53. The number of aromatic hydroxyl groups is 1. The quantitative estimate of drug-likeness (QED) is 0.369. The highest BCUT2D eigenvalue weighted by Crippen LogP contribution is 2.39. The topological polar surface area (TPSA) is 107 Å². The van der Waals surface area contributed by atoms with E-state index in [9.17, 15) is 25.3 Å². The Labute approximate surface area is 107 Å². The van der Waals surface area contributed by atoms with Crippen molar-refractivity contribution in [3.8, 4) is 5.75 Å². The summed E-state index contributed by atoms with van der Waals surface area (Å²) in [6.45, 7) is 2.00. The summed E-state index contributed by atoms with van der Waals surface area (Å²) in [5.41, 5.74) is -1.27. The first-order chi connectivity index (χ1) is 8.47. The summed E-state index contributed by atoms with van der Waals surface area (Å²) in [7, 11) is 0. The summed E-state index contributed by atoms with van der Waals surface area (Å²) in [4.78, 5) is 20.1. The van der Waals surface area contributed by atoms with Crippen molar-refractivity contribution in [2.24, 2.45) is 0 Å². The molecule has 0 bridgehead atoms. The van der Waals surface area contributed by atoms with Gasteiger partial charge in [-0.3, -0.25) is 20.2 Å². The lowest BCUT2D eigenvalue weighted by Gasteiger charge is -2.03. The lowest BCUT2D eigenvalue weighted by molar-refractivity contribution is -0.396. The number of rotatable bonds is 6. The molecule has 0 radical (unpaired) electrons. The molecule has 98 valence electrons. The Morgan fingerprint density at radius 3 is 2.11 bits per heavy atom. The van der Waals surface area contributed by atoms with Gasteiger partial charge < -0.3 is 5.11 Å². The summed E-state index contributed by atoms with van der Waals surface area (Å²) in [5, 5.41) is 30.8. The van der Waals surface area contributed by atoms with E-state index in [1.54, 1.807) is 0 Å². The molecule has 0 saturated carbocycles. The third-order valence-corrected chi connectivity index (χ3v) is 3.27. The number of nitro groups is 2. The molecule has 0 fully saturated rings. The standard InChI is InChI=1S/C10H12N2O5S/c1-2-3-4-18-7-5-8(11(14)15)10(13)9(6-7)12(16)17/h5-6,13H,2-4H2,1H3. The third-order valence-electron chi connectivity index (χ3n) is 2.20. The molecule has 0 aliphatic heterocycles. The Hall–Kier alpha value is -1.83. The van der Waals surface area contributed by atoms with E-state index in [0.29, 0.717) is 4.90 Å². The van der Waals surface area contributed by atoms with Gasteiger partial charge in [-0.1, -0.05) is 13.3 Å². The van der Waals surface area contributed by atoms with Crippen LogP contribution in [0.4, 0.5) is 11.4 Å². The summed E-state index contributed by atoms with van der Waals surface area (Å²) < 4.78 is 0. The predicted octanol–water partition coefficient (Wildman–Crippen LogP) is 3.10. The van der Waals surface area contributed by atoms with Crippen molar-refractivity contribution < 1.29 is 15.0 Å². The van der Waals surface area contributed by atoms with Crippen LogP contribution in [0.5, 0.6) is 5.75 Å². The SMILES string of the molecule is CCCCSc1cc([N+](=O)[O-])c(O)c([N+](=O)[O-])c1. The van der Waals surface area contributed by atoms with E-state index < -0.39 is 27.0 Å². The van der Waals surface area contributed by atoms with Gasteiger partial charge in [-0.15, -0.1) is 11.8 Å². The maximum Gasteiger partial charge on any atom is 0.319 e. The van der Waals surface area contributed by atoms with Gasteiger partial charge in [-0.05, 0) is 12.2 Å². The fraction of sp³-hybridized carbons (Fsp3) is 0.400. The van der Waals surface area contributed by atoms with Crippen LogP contribution < -0.4 is 0 Å². The van der Waals surface area contributed by atoms with Gasteiger partial charge in [0.25, 0.3) is 5.75 Å². The molecule has 0 aliphatic carbocycles. The van der Waals surface area contributed by atoms with Crippen LogP contribution in [0, 0.1) is 20.2 Å². The lowest BCUT2D eigenvalue weighted by Crippen LogP contribution is -1.95. The average Bonchev–Trinajstić information content (AvgIpc) is 2.30. The van der Waals surface area contributed by atoms with Gasteiger partial charge in [0, 0.05) is 17.0 Å². The zero-order valence-electron chi connectivity index (χ0n) is 9.66. The van der Waals surface area contributed by atoms with Gasteiger partial charge in [0.1, 0.15) is 0 Å². The molecule has 7 nitrogen and oxygen atoms in total. The number of hydrogen-bond acceptors (Lipinski definition) is 6. The van der Waals surface area contributed by atoms with Crippen LogP contribution in [-0.4, -0.2) is 20.7 Å². The molecule has 1 aromatic carbocycles. The molecule has 0 unspecified atom stereocenters. The molecule has 0 spiro atoms. The van der Waals surface area contributed by atoms with E-state index in [4.69, 9.17) is 0 Å². The molecule has 18 heavy (non-hydrogen) atoms. The monoisotopic (exact) mass is 272 g/mol. The van der Waals surface area contributed by atoms with Crippen molar-refractivity contribution in [2.45, 2.75) is 24.7 Å². The zero-order valence-corrected chi connectivity index (χ0v) is 10.5. The largest absolute Gasteiger partial charge is 0.497 e. The smallest absolute Gasteiger partial charge is 0.319 e. The first-order valence-electron chi connectivity index (χ1n) is 5.26. The van der Waals surface area contributed by atoms with Crippen LogP contribution in [0.15, 0.2) is 17.0 Å². The molecule has 0 aliphatic rings. The maximum atomic E-state index is 10.7. The second-order valence-corrected chi connectivity index (χ2v) is 4.69. The highest BCUT2D eigenvalue weighted by molar-refractivity contribution is 7.99. The first kappa shape index (κ1) is 14.2. The van der Waals surface area contributed by atoms with Crippen molar-refractivity contribution in [3.05, 3.63) is 32.4 Å². The van der Waals surface area contributed by atoms with Gasteiger partial charge in [0.2, 0.25) is 0 Å². The molecule has 8 heteroatoms. The molecule has 1 rings (SSSR count). The summed E-state index contributed by atoms with van der Waals surface area (Å²) >= 11 is 1.30. The van der Waals surface area contributed by atoms with E-state index in [1.165, 1.54) is 11.8 Å². The van der Waals surface area contributed by atoms with Crippen LogP contribution in [0.2, 0.25) is 0 Å². The Kier molecular flexibility index (Phi) is 4.90. The Morgan fingerprint density at radius 2 is 1.72 bits per heavy atom. The normalized spacial score (nSPS) is 10.3. The highest BCUT2D eigenvalue weighted by Gasteiger charge is 2.26. The van der Waals surface area contributed by atoms with Crippen LogP contribution in [0.3, 0.4) is 0 Å². The summed E-state index contributed by atoms with van der Waals surface area (Å²) in [6, 6.07) is 2.31. The van der Waals surface area contributed by atoms with E-state index >= 15 is 0 Å². The number of nitrogens with zero attached hydrogens (tertiary/aromatic N) is 2. The minimum atomic E-state index is -0.898. The summed E-state index contributed by atoms with van der Waals surface area (Å²) in [6.07, 6.45) is 1.88. The minimum absolute atomic E-state index is 0.416. The molecule has 0 aromatic heterocycles. The number of unbranched alkanes of at least 4 members (excludes halogenated alkanes) is 1. The molecule has 0 heterocycles. The van der Waals surface area contributed by atoms with Crippen molar-refractivity contribution in [1.82, 2.24) is 0 Å². The maximum absolute atomic E-state index is 10.7. The number of thioether (sulfide) groups is 1. The van der Waals surface area contributed by atoms with E-state index in [0.717, 1.165) is 30.7 Å². The zero-order chi connectivity index (χ0) is 13.7. The van der Waals surface area contributed by atoms with Crippen molar-refractivity contribution in [1.29, 1.82) is 0 Å². The Morgan fingerprint density at radius 1 is 1.22 bits per heavy atom.